The highest BCUT2D eigenvalue weighted by Gasteiger charge is 2.02. The van der Waals surface area contributed by atoms with Crippen LogP contribution in [-0.4, -0.2) is 11.5 Å². The predicted molar refractivity (Wildman–Crippen MR) is 72.0 cm³/mol. The number of thiazole rings is 1. The van der Waals surface area contributed by atoms with Crippen LogP contribution >= 0.6 is 11.3 Å². The lowest BCUT2D eigenvalue weighted by Gasteiger charge is -1.97. The van der Waals surface area contributed by atoms with Crippen LogP contribution in [0.25, 0.3) is 10.2 Å². The number of fused-ring (bicyclic) bond motifs is 1. The number of aromatic nitrogens is 1. The number of rotatable bonds is 4. The van der Waals surface area contributed by atoms with Crippen molar-refractivity contribution in [3.8, 4) is 0 Å². The van der Waals surface area contributed by atoms with Gasteiger partial charge in [-0.2, -0.15) is 0 Å². The first kappa shape index (κ1) is 11.0. The summed E-state index contributed by atoms with van der Waals surface area (Å²) in [6.07, 6.45) is 5.22. The van der Waals surface area contributed by atoms with Crippen molar-refractivity contribution >= 4 is 32.4 Å². The Morgan fingerprint density at radius 2 is 2.38 bits per heavy atom. The molecule has 0 unspecified atom stereocenters. The second kappa shape index (κ2) is 4.99. The zero-order valence-electron chi connectivity index (χ0n) is 9.23. The number of hydrogen-bond acceptors (Lipinski definition) is 4. The summed E-state index contributed by atoms with van der Waals surface area (Å²) >= 11 is 1.64. The van der Waals surface area contributed by atoms with E-state index in [0.29, 0.717) is 0 Å². The van der Waals surface area contributed by atoms with Crippen LogP contribution in [0.5, 0.6) is 0 Å². The Morgan fingerprint density at radius 1 is 1.50 bits per heavy atom. The summed E-state index contributed by atoms with van der Waals surface area (Å²) in [7, 11) is 0. The fourth-order valence-electron chi connectivity index (χ4n) is 1.45. The van der Waals surface area contributed by atoms with Gasteiger partial charge in [-0.3, -0.25) is 0 Å². The minimum Gasteiger partial charge on any atom is -0.399 e. The molecule has 0 saturated carbocycles. The number of allylic oxidation sites excluding steroid dienone is 1. The highest BCUT2D eigenvalue weighted by Crippen LogP contribution is 2.27. The third-order valence-corrected chi connectivity index (χ3v) is 3.21. The zero-order chi connectivity index (χ0) is 11.4. The number of nitrogens with one attached hydrogen (secondary N) is 1. The highest BCUT2D eigenvalue weighted by atomic mass is 32.1. The lowest BCUT2D eigenvalue weighted by Crippen LogP contribution is -1.98. The van der Waals surface area contributed by atoms with Crippen molar-refractivity contribution in [3.63, 3.8) is 0 Å². The maximum absolute atomic E-state index is 5.72. The second-order valence-corrected chi connectivity index (χ2v) is 4.56. The van der Waals surface area contributed by atoms with E-state index in [2.05, 4.69) is 22.5 Å². The van der Waals surface area contributed by atoms with Crippen LogP contribution < -0.4 is 11.1 Å². The monoisotopic (exact) mass is 233 g/mol. The average molecular weight is 233 g/mol. The maximum Gasteiger partial charge on any atom is 0.183 e. The van der Waals surface area contributed by atoms with E-state index in [-0.39, 0.29) is 0 Å². The Morgan fingerprint density at radius 3 is 3.19 bits per heavy atom. The Bertz CT molecular complexity index is 502. The number of benzene rings is 1. The summed E-state index contributed by atoms with van der Waals surface area (Å²) in [5, 5.41) is 4.27. The topological polar surface area (TPSA) is 50.9 Å². The van der Waals surface area contributed by atoms with Gasteiger partial charge in [0.25, 0.3) is 0 Å². The van der Waals surface area contributed by atoms with Gasteiger partial charge >= 0.3 is 0 Å². The molecule has 1 aromatic carbocycles. The molecule has 2 rings (SSSR count). The third kappa shape index (κ3) is 2.52. The Labute approximate surface area is 99.0 Å². The Kier molecular flexibility index (Phi) is 3.41. The lowest BCUT2D eigenvalue weighted by atomic mass is 10.3. The van der Waals surface area contributed by atoms with Gasteiger partial charge in [0.1, 0.15) is 0 Å². The molecule has 0 spiro atoms. The first-order valence-corrected chi connectivity index (χ1v) is 6.12. The lowest BCUT2D eigenvalue weighted by molar-refractivity contribution is 1.06. The maximum atomic E-state index is 5.72. The zero-order valence-corrected chi connectivity index (χ0v) is 10.1. The van der Waals surface area contributed by atoms with Crippen molar-refractivity contribution in [2.24, 2.45) is 0 Å². The Balaban J connectivity index is 2.08. The molecule has 1 aromatic heterocycles. The molecular formula is C12H15N3S. The van der Waals surface area contributed by atoms with Crippen molar-refractivity contribution < 1.29 is 0 Å². The molecule has 84 valence electrons. The fourth-order valence-corrected chi connectivity index (χ4v) is 2.39. The molecule has 3 nitrogen and oxygen atoms in total. The van der Waals surface area contributed by atoms with Crippen LogP contribution in [0.3, 0.4) is 0 Å². The summed E-state index contributed by atoms with van der Waals surface area (Å²) in [6.45, 7) is 2.94. The highest BCUT2D eigenvalue weighted by molar-refractivity contribution is 7.22. The number of nitrogen functional groups attached to an aromatic ring is 1. The molecule has 0 aliphatic carbocycles. The second-order valence-electron chi connectivity index (χ2n) is 3.53. The van der Waals surface area contributed by atoms with Crippen LogP contribution in [-0.2, 0) is 0 Å². The minimum atomic E-state index is 0.789. The molecule has 0 radical (unpaired) electrons. The molecule has 0 fully saturated rings. The molecule has 3 N–H and O–H groups in total. The average Bonchev–Trinajstić information content (AvgIpc) is 2.66. The van der Waals surface area contributed by atoms with Gasteiger partial charge in [-0.25, -0.2) is 4.98 Å². The van der Waals surface area contributed by atoms with Gasteiger partial charge in [0, 0.05) is 12.2 Å². The fraction of sp³-hybridized carbons (Fsp3) is 0.250. The van der Waals surface area contributed by atoms with Crippen molar-refractivity contribution in [1.82, 2.24) is 4.98 Å². The van der Waals surface area contributed by atoms with Crippen molar-refractivity contribution in [2.45, 2.75) is 13.3 Å². The molecule has 16 heavy (non-hydrogen) atoms. The van der Waals surface area contributed by atoms with Crippen molar-refractivity contribution in [2.75, 3.05) is 17.6 Å². The van der Waals surface area contributed by atoms with Crippen LogP contribution in [0.4, 0.5) is 10.8 Å². The third-order valence-electron chi connectivity index (χ3n) is 2.24. The van der Waals surface area contributed by atoms with E-state index < -0.39 is 0 Å². The van der Waals surface area contributed by atoms with E-state index in [4.69, 9.17) is 5.73 Å². The minimum absolute atomic E-state index is 0.789. The van der Waals surface area contributed by atoms with Gasteiger partial charge in [0.15, 0.2) is 5.13 Å². The largest absolute Gasteiger partial charge is 0.399 e. The van der Waals surface area contributed by atoms with Crippen LogP contribution in [0.15, 0.2) is 30.4 Å². The van der Waals surface area contributed by atoms with E-state index in [1.807, 2.05) is 25.1 Å². The van der Waals surface area contributed by atoms with Crippen LogP contribution in [0.1, 0.15) is 13.3 Å². The normalized spacial score (nSPS) is 11.3. The van der Waals surface area contributed by atoms with E-state index in [0.717, 1.165) is 34.0 Å². The van der Waals surface area contributed by atoms with Gasteiger partial charge in [0.05, 0.1) is 10.2 Å². The summed E-state index contributed by atoms with van der Waals surface area (Å²) < 4.78 is 1.13. The number of anilines is 2. The first-order valence-electron chi connectivity index (χ1n) is 5.30. The van der Waals surface area contributed by atoms with Gasteiger partial charge in [-0.1, -0.05) is 23.5 Å². The van der Waals surface area contributed by atoms with E-state index in [1.54, 1.807) is 11.3 Å². The standard InChI is InChI=1S/C12H15N3S/c1-2-3-4-7-14-12-15-10-6-5-9(13)8-11(10)16-12/h2-3,5-6,8H,4,7,13H2,1H3,(H,14,15)/b3-2+. The van der Waals surface area contributed by atoms with E-state index >= 15 is 0 Å². The molecule has 0 amide bonds. The van der Waals surface area contributed by atoms with E-state index in [9.17, 15) is 0 Å². The Hall–Kier alpha value is -1.55. The molecular weight excluding hydrogens is 218 g/mol. The molecule has 2 aromatic rings. The van der Waals surface area contributed by atoms with E-state index in [1.165, 1.54) is 0 Å². The molecule has 1 heterocycles. The van der Waals surface area contributed by atoms with Gasteiger partial charge in [-0.05, 0) is 31.5 Å². The van der Waals surface area contributed by atoms with Crippen LogP contribution in [0, 0.1) is 0 Å². The predicted octanol–water partition coefficient (Wildman–Crippen LogP) is 3.26. The number of hydrogen-bond donors (Lipinski definition) is 2. The van der Waals surface area contributed by atoms with Crippen molar-refractivity contribution in [1.29, 1.82) is 0 Å². The van der Waals surface area contributed by atoms with Crippen molar-refractivity contribution in [3.05, 3.63) is 30.4 Å². The summed E-state index contributed by atoms with van der Waals surface area (Å²) in [5.74, 6) is 0. The van der Waals surface area contributed by atoms with Gasteiger partial charge in [-0.15, -0.1) is 0 Å². The summed E-state index contributed by atoms with van der Waals surface area (Å²) in [5.41, 5.74) is 7.52. The number of nitrogens with zero attached hydrogens (tertiary/aromatic N) is 1. The van der Waals surface area contributed by atoms with Crippen LogP contribution in [0.2, 0.25) is 0 Å². The quantitative estimate of drug-likeness (QED) is 0.484. The first-order chi connectivity index (χ1) is 7.79. The molecule has 0 atom stereocenters. The summed E-state index contributed by atoms with van der Waals surface area (Å²) in [6, 6.07) is 5.80. The molecule has 0 saturated heterocycles. The molecule has 4 heteroatoms. The molecule has 0 aliphatic heterocycles. The summed E-state index contributed by atoms with van der Waals surface area (Å²) in [4.78, 5) is 4.48. The molecule has 0 aliphatic rings. The van der Waals surface area contributed by atoms with Gasteiger partial charge in [0.2, 0.25) is 0 Å². The van der Waals surface area contributed by atoms with Gasteiger partial charge < -0.3 is 11.1 Å². The molecule has 0 bridgehead atoms. The smallest absolute Gasteiger partial charge is 0.183 e. The SMILES string of the molecule is C/C=C/CCNc1nc2ccc(N)cc2s1. The number of nitrogens with two attached hydrogens (primary N) is 1.